The van der Waals surface area contributed by atoms with Crippen LogP contribution in [0.25, 0.3) is 11.1 Å². The number of piperazine rings is 1. The van der Waals surface area contributed by atoms with Crippen LogP contribution in [0.4, 0.5) is 17.6 Å². The average Bonchev–Trinajstić information content (AvgIpc) is 3.56. The number of aromatic nitrogens is 4. The van der Waals surface area contributed by atoms with Crippen LogP contribution in [0.2, 0.25) is 0 Å². The molecule has 0 aliphatic carbocycles. The number of hydrogen-bond acceptors (Lipinski definition) is 7. The Morgan fingerprint density at radius 1 is 0.833 bits per heavy atom. The second-order valence-electron chi connectivity index (χ2n) is 13.3. The number of halogens is 4. The van der Waals surface area contributed by atoms with Crippen molar-refractivity contribution in [2.45, 2.75) is 36.6 Å². The Balaban J connectivity index is 1.26. The van der Waals surface area contributed by atoms with Crippen LogP contribution in [0.5, 0.6) is 0 Å². The fraction of sp³-hybridized carbons (Fsp3) is 0.308. The van der Waals surface area contributed by atoms with Gasteiger partial charge in [0, 0.05) is 69.9 Å². The van der Waals surface area contributed by atoms with Crippen molar-refractivity contribution in [1.29, 1.82) is 0 Å². The lowest BCUT2D eigenvalue weighted by Gasteiger charge is -2.34. The lowest BCUT2D eigenvalue weighted by molar-refractivity contribution is -0.142. The molecule has 282 valence electrons. The molecule has 0 spiro atoms. The monoisotopic (exact) mass is 761 g/mol. The Morgan fingerprint density at radius 2 is 1.46 bits per heavy atom. The second-order valence-corrected chi connectivity index (χ2v) is 14.2. The van der Waals surface area contributed by atoms with Crippen molar-refractivity contribution < 1.29 is 27.2 Å². The molecule has 3 heterocycles. The fourth-order valence-corrected chi connectivity index (χ4v) is 6.97. The van der Waals surface area contributed by atoms with Crippen LogP contribution in [-0.4, -0.2) is 85.6 Å². The van der Waals surface area contributed by atoms with Crippen LogP contribution in [0.15, 0.2) is 101 Å². The van der Waals surface area contributed by atoms with Crippen LogP contribution in [-0.2, 0) is 48.1 Å². The summed E-state index contributed by atoms with van der Waals surface area (Å²) in [6.07, 6.45) is 0.871. The Morgan fingerprint density at radius 3 is 2.07 bits per heavy atom. The summed E-state index contributed by atoms with van der Waals surface area (Å²) < 4.78 is 56.1. The third-order valence-electron chi connectivity index (χ3n) is 9.18. The number of carbonyl (C=O) groups excluding carboxylic acids is 2. The molecule has 1 saturated heterocycles. The molecule has 6 rings (SSSR count). The van der Waals surface area contributed by atoms with Gasteiger partial charge in [-0.05, 0) is 59.1 Å². The second kappa shape index (κ2) is 16.8. The first-order valence-corrected chi connectivity index (χ1v) is 18.2. The van der Waals surface area contributed by atoms with Crippen LogP contribution in [0.3, 0.4) is 0 Å². The summed E-state index contributed by atoms with van der Waals surface area (Å²) in [5.74, 6) is -0.589. The standard InChI is InChI=1S/C39H39F4N7O3S/c1-46-15-17-48(18-16-46)35(51)24-49(22-27-3-7-30(8-4-27)31-9-11-33(12-10-31)39(41,42)43)36(52)25-50-23-32(19-29-20-44-47(2)21-29)37(53)45-38(50)54-26-28-5-13-34(40)14-6-28/h3-14,20-21,23H,15-19,22,24-26H2,1-2H3. The molecule has 0 bridgehead atoms. The van der Waals surface area contributed by atoms with Crippen molar-refractivity contribution in [3.63, 3.8) is 0 Å². The van der Waals surface area contributed by atoms with E-state index >= 15 is 0 Å². The summed E-state index contributed by atoms with van der Waals surface area (Å²) in [6, 6.07) is 18.0. The van der Waals surface area contributed by atoms with Gasteiger partial charge in [0.2, 0.25) is 11.8 Å². The number of aryl methyl sites for hydroxylation is 1. The smallest absolute Gasteiger partial charge is 0.339 e. The van der Waals surface area contributed by atoms with E-state index in [-0.39, 0.29) is 43.7 Å². The molecule has 0 unspecified atom stereocenters. The van der Waals surface area contributed by atoms with Crippen LogP contribution < -0.4 is 5.56 Å². The molecular weight excluding hydrogens is 723 g/mol. The molecule has 0 N–H and O–H groups in total. The van der Waals surface area contributed by atoms with Gasteiger partial charge < -0.3 is 19.3 Å². The summed E-state index contributed by atoms with van der Waals surface area (Å²) in [5, 5.41) is 4.47. The molecule has 1 aliphatic rings. The minimum Gasteiger partial charge on any atom is -0.339 e. The van der Waals surface area contributed by atoms with Crippen molar-refractivity contribution in [1.82, 2.24) is 34.0 Å². The van der Waals surface area contributed by atoms with Gasteiger partial charge in [0.1, 0.15) is 18.9 Å². The molecule has 10 nitrogen and oxygen atoms in total. The topological polar surface area (TPSA) is 96.6 Å². The molecule has 0 saturated carbocycles. The van der Waals surface area contributed by atoms with E-state index in [9.17, 15) is 31.9 Å². The molecule has 0 radical (unpaired) electrons. The maximum Gasteiger partial charge on any atom is 0.416 e. The SMILES string of the molecule is CN1CCN(C(=O)CN(Cc2ccc(-c3ccc(C(F)(F)F)cc3)cc2)C(=O)Cn2cc(Cc3cnn(C)c3)c(=O)nc2SCc2ccc(F)cc2)CC1. The number of benzene rings is 3. The van der Waals surface area contributed by atoms with Crippen molar-refractivity contribution >= 4 is 23.6 Å². The molecule has 1 fully saturated rings. The normalized spacial score (nSPS) is 13.6. The molecule has 2 amide bonds. The van der Waals surface area contributed by atoms with E-state index in [0.29, 0.717) is 59.3 Å². The number of rotatable bonds is 12. The Kier molecular flexibility index (Phi) is 12.0. The van der Waals surface area contributed by atoms with Crippen molar-refractivity contribution in [2.75, 3.05) is 39.8 Å². The predicted octanol–water partition coefficient (Wildman–Crippen LogP) is 5.49. The highest BCUT2D eigenvalue weighted by atomic mass is 32.2. The van der Waals surface area contributed by atoms with Crippen molar-refractivity contribution in [3.05, 3.63) is 135 Å². The molecule has 3 aromatic carbocycles. The molecule has 1 aliphatic heterocycles. The van der Waals surface area contributed by atoms with Gasteiger partial charge in [0.25, 0.3) is 5.56 Å². The minimum atomic E-state index is -4.44. The van der Waals surface area contributed by atoms with E-state index in [1.54, 1.807) is 76.2 Å². The van der Waals surface area contributed by atoms with Crippen molar-refractivity contribution in [3.8, 4) is 11.1 Å². The van der Waals surface area contributed by atoms with Gasteiger partial charge in [-0.15, -0.1) is 0 Å². The van der Waals surface area contributed by atoms with Gasteiger partial charge in [-0.1, -0.05) is 60.3 Å². The van der Waals surface area contributed by atoms with E-state index in [1.807, 2.05) is 7.05 Å². The van der Waals surface area contributed by atoms with Crippen LogP contribution in [0, 0.1) is 5.82 Å². The highest BCUT2D eigenvalue weighted by Crippen LogP contribution is 2.31. The highest BCUT2D eigenvalue weighted by molar-refractivity contribution is 7.98. The third-order valence-corrected chi connectivity index (χ3v) is 10.2. The van der Waals surface area contributed by atoms with Gasteiger partial charge in [-0.25, -0.2) is 4.39 Å². The lowest BCUT2D eigenvalue weighted by Crippen LogP contribution is -2.51. The number of carbonyl (C=O) groups is 2. The maximum atomic E-state index is 14.3. The van der Waals surface area contributed by atoms with Crippen LogP contribution in [0.1, 0.15) is 27.8 Å². The first kappa shape index (κ1) is 38.4. The molecule has 15 heteroatoms. The van der Waals surface area contributed by atoms with E-state index in [2.05, 4.69) is 15.0 Å². The quantitative estimate of drug-likeness (QED) is 0.0944. The first-order chi connectivity index (χ1) is 25.8. The number of likely N-dealkylation sites (N-methyl/N-ethyl adjacent to an activating group) is 1. The van der Waals surface area contributed by atoms with Gasteiger partial charge in [-0.2, -0.15) is 23.3 Å². The zero-order valence-electron chi connectivity index (χ0n) is 29.8. The third kappa shape index (κ3) is 10.0. The molecule has 54 heavy (non-hydrogen) atoms. The lowest BCUT2D eigenvalue weighted by atomic mass is 10.0. The van der Waals surface area contributed by atoms with Gasteiger partial charge in [-0.3, -0.25) is 19.1 Å². The minimum absolute atomic E-state index is 0.0832. The maximum absolute atomic E-state index is 14.3. The summed E-state index contributed by atoms with van der Waals surface area (Å²) in [7, 11) is 3.76. The fourth-order valence-electron chi connectivity index (χ4n) is 6.05. The average molecular weight is 762 g/mol. The number of thioether (sulfide) groups is 1. The molecular formula is C39H39F4N7O3S. The number of amides is 2. The number of hydrogen-bond donors (Lipinski definition) is 0. The zero-order chi connectivity index (χ0) is 38.4. The summed E-state index contributed by atoms with van der Waals surface area (Å²) in [6.45, 7) is 2.16. The Labute approximate surface area is 314 Å². The highest BCUT2D eigenvalue weighted by Gasteiger charge is 2.30. The summed E-state index contributed by atoms with van der Waals surface area (Å²) >= 11 is 1.24. The number of alkyl halides is 3. The predicted molar refractivity (Wildman–Crippen MR) is 197 cm³/mol. The van der Waals surface area contributed by atoms with E-state index in [4.69, 9.17) is 0 Å². The summed E-state index contributed by atoms with van der Waals surface area (Å²) in [5.41, 5.74) is 2.79. The molecule has 5 aromatic rings. The Hall–Kier alpha value is -5.28. The number of nitrogens with zero attached hydrogens (tertiary/aromatic N) is 7. The van der Waals surface area contributed by atoms with Crippen LogP contribution >= 0.6 is 11.8 Å². The van der Waals surface area contributed by atoms with Gasteiger partial charge in [0.05, 0.1) is 11.8 Å². The van der Waals surface area contributed by atoms with Gasteiger partial charge in [0.15, 0.2) is 5.16 Å². The van der Waals surface area contributed by atoms with E-state index in [0.717, 1.165) is 23.3 Å². The Bertz CT molecular complexity index is 2130. The van der Waals surface area contributed by atoms with Crippen molar-refractivity contribution in [2.24, 2.45) is 7.05 Å². The largest absolute Gasteiger partial charge is 0.416 e. The molecule has 2 aromatic heterocycles. The van der Waals surface area contributed by atoms with E-state index in [1.165, 1.54) is 40.9 Å². The summed E-state index contributed by atoms with van der Waals surface area (Å²) in [4.78, 5) is 50.8. The van der Waals surface area contributed by atoms with E-state index < -0.39 is 17.3 Å². The molecule has 0 atom stereocenters. The zero-order valence-corrected chi connectivity index (χ0v) is 30.6. The first-order valence-electron chi connectivity index (χ1n) is 17.3. The van der Waals surface area contributed by atoms with Gasteiger partial charge >= 0.3 is 6.18 Å².